The number of halogens is 2. The lowest BCUT2D eigenvalue weighted by Gasteiger charge is -2.24. The molecule has 0 aliphatic carbocycles. The van der Waals surface area contributed by atoms with Gasteiger partial charge in [0, 0.05) is 36.1 Å². The van der Waals surface area contributed by atoms with Crippen LogP contribution in [-0.4, -0.2) is 35.6 Å². The van der Waals surface area contributed by atoms with Gasteiger partial charge in [0.05, 0.1) is 5.69 Å². The molecule has 0 unspecified atom stereocenters. The van der Waals surface area contributed by atoms with Gasteiger partial charge in [-0.15, -0.1) is 24.8 Å². The quantitative estimate of drug-likeness (QED) is 0.846. The molecule has 0 saturated carbocycles. The van der Waals surface area contributed by atoms with Crippen LogP contribution in [0.25, 0.3) is 11.3 Å². The van der Waals surface area contributed by atoms with Gasteiger partial charge < -0.3 is 16.0 Å². The number of rotatable bonds is 2. The van der Waals surface area contributed by atoms with Gasteiger partial charge in [0.25, 0.3) is 0 Å². The Bertz CT molecular complexity index is 623. The Morgan fingerprint density at radius 1 is 1.26 bits per heavy atom. The van der Waals surface area contributed by atoms with Crippen LogP contribution in [0.1, 0.15) is 12.8 Å². The van der Waals surface area contributed by atoms with Gasteiger partial charge in [-0.3, -0.25) is 0 Å². The summed E-state index contributed by atoms with van der Waals surface area (Å²) in [5.41, 5.74) is 7.95. The zero-order chi connectivity index (χ0) is 14.2. The summed E-state index contributed by atoms with van der Waals surface area (Å²) in [4.78, 5) is 11.2. The fourth-order valence-electron chi connectivity index (χ4n) is 3.41. The minimum absolute atomic E-state index is 0. The first-order chi connectivity index (χ1) is 10.3. The number of hydrogen-bond acceptors (Lipinski definition) is 6. The number of thiophene rings is 1. The van der Waals surface area contributed by atoms with Crippen molar-refractivity contribution in [2.75, 3.05) is 30.3 Å². The zero-order valence-electron chi connectivity index (χ0n) is 12.6. The molecule has 0 radical (unpaired) electrons. The molecule has 2 aliphatic rings. The normalized spacial score (nSPS) is 22.9. The van der Waals surface area contributed by atoms with Crippen molar-refractivity contribution in [1.29, 1.82) is 0 Å². The van der Waals surface area contributed by atoms with E-state index in [2.05, 4.69) is 43.1 Å². The van der Waals surface area contributed by atoms with Crippen LogP contribution in [0.2, 0.25) is 0 Å². The summed E-state index contributed by atoms with van der Waals surface area (Å²) in [6.45, 7) is 3.22. The maximum absolute atomic E-state index is 5.92. The highest BCUT2D eigenvalue weighted by molar-refractivity contribution is 7.08. The number of anilines is 2. The summed E-state index contributed by atoms with van der Waals surface area (Å²) in [6, 6.07) is 4.73. The van der Waals surface area contributed by atoms with Crippen molar-refractivity contribution in [3.63, 3.8) is 0 Å². The van der Waals surface area contributed by atoms with Crippen LogP contribution in [0, 0.1) is 5.92 Å². The largest absolute Gasteiger partial charge is 0.368 e. The number of nitrogen functional groups attached to an aromatic ring is 1. The van der Waals surface area contributed by atoms with Gasteiger partial charge in [0.2, 0.25) is 5.95 Å². The van der Waals surface area contributed by atoms with Crippen LogP contribution in [0.3, 0.4) is 0 Å². The molecule has 2 aromatic heterocycles. The maximum Gasteiger partial charge on any atom is 0.222 e. The molecule has 0 bridgehead atoms. The third-order valence-corrected chi connectivity index (χ3v) is 5.15. The van der Waals surface area contributed by atoms with E-state index in [1.807, 2.05) is 0 Å². The fourth-order valence-corrected chi connectivity index (χ4v) is 4.06. The summed E-state index contributed by atoms with van der Waals surface area (Å²) in [5.74, 6) is 2.05. The van der Waals surface area contributed by atoms with Crippen molar-refractivity contribution in [1.82, 2.24) is 15.3 Å². The molecule has 2 aliphatic heterocycles. The van der Waals surface area contributed by atoms with Gasteiger partial charge in [-0.2, -0.15) is 16.3 Å². The van der Waals surface area contributed by atoms with E-state index in [9.17, 15) is 0 Å². The summed E-state index contributed by atoms with van der Waals surface area (Å²) in [7, 11) is 0. The molecule has 2 atom stereocenters. The van der Waals surface area contributed by atoms with E-state index in [0.717, 1.165) is 42.6 Å². The molecule has 2 saturated heterocycles. The molecule has 3 N–H and O–H groups in total. The predicted octanol–water partition coefficient (Wildman–Crippen LogP) is 2.82. The molecule has 126 valence electrons. The van der Waals surface area contributed by atoms with Crippen LogP contribution in [-0.2, 0) is 0 Å². The third kappa shape index (κ3) is 3.71. The third-order valence-electron chi connectivity index (χ3n) is 4.47. The van der Waals surface area contributed by atoms with Crippen LogP contribution in [0.15, 0.2) is 22.9 Å². The maximum atomic E-state index is 5.92. The Morgan fingerprint density at radius 3 is 2.87 bits per heavy atom. The lowest BCUT2D eigenvalue weighted by atomic mass is 9.94. The average Bonchev–Trinajstić information content (AvgIpc) is 3.16. The summed E-state index contributed by atoms with van der Waals surface area (Å²) >= 11 is 1.67. The topological polar surface area (TPSA) is 67.1 Å². The Balaban J connectivity index is 0.000000960. The predicted molar refractivity (Wildman–Crippen MR) is 101 cm³/mol. The average molecular weight is 374 g/mol. The lowest BCUT2D eigenvalue weighted by molar-refractivity contribution is 0.340. The fraction of sp³-hybridized carbons (Fsp3) is 0.467. The Hall–Kier alpha value is -1.08. The van der Waals surface area contributed by atoms with E-state index in [1.54, 1.807) is 11.3 Å². The van der Waals surface area contributed by atoms with E-state index in [1.165, 1.54) is 12.8 Å². The molecular weight excluding hydrogens is 353 g/mol. The molecule has 0 aromatic carbocycles. The Morgan fingerprint density at radius 2 is 2.13 bits per heavy atom. The van der Waals surface area contributed by atoms with Crippen molar-refractivity contribution in [2.24, 2.45) is 5.92 Å². The standard InChI is InChI=1S/C15H19N5S.2ClH/c16-15-18-12(11-3-5-21-9-11)6-14(19-15)20-7-10-2-1-4-17-13(10)8-20;;/h3,5-6,9-10,13,17H,1-2,4,7-8H2,(H2,16,18,19);2*1H/t10-,13+;;/m1../s1. The minimum Gasteiger partial charge on any atom is -0.368 e. The first-order valence-electron chi connectivity index (χ1n) is 7.45. The van der Waals surface area contributed by atoms with E-state index >= 15 is 0 Å². The van der Waals surface area contributed by atoms with Crippen molar-refractivity contribution >= 4 is 47.9 Å². The van der Waals surface area contributed by atoms with Crippen LogP contribution >= 0.6 is 36.2 Å². The Kier molecular flexibility index (Phi) is 6.08. The molecule has 0 spiro atoms. The van der Waals surface area contributed by atoms with E-state index in [4.69, 9.17) is 5.73 Å². The molecular formula is C15H21Cl2N5S. The van der Waals surface area contributed by atoms with Gasteiger partial charge >= 0.3 is 0 Å². The second kappa shape index (κ2) is 7.66. The molecule has 2 fully saturated rings. The SMILES string of the molecule is Cl.Cl.Nc1nc(-c2ccsc2)cc(N2C[C@H]3CCCN[C@H]3C2)n1. The number of fused-ring (bicyclic) bond motifs is 1. The van der Waals surface area contributed by atoms with E-state index in [0.29, 0.717) is 12.0 Å². The second-order valence-electron chi connectivity index (χ2n) is 5.85. The highest BCUT2D eigenvalue weighted by Crippen LogP contribution is 2.30. The molecule has 23 heavy (non-hydrogen) atoms. The minimum atomic E-state index is 0. The number of piperidine rings is 1. The molecule has 2 aromatic rings. The molecule has 0 amide bonds. The van der Waals surface area contributed by atoms with Gasteiger partial charge in [0.1, 0.15) is 5.82 Å². The monoisotopic (exact) mass is 373 g/mol. The number of aromatic nitrogens is 2. The number of nitrogens with one attached hydrogen (secondary N) is 1. The smallest absolute Gasteiger partial charge is 0.222 e. The van der Waals surface area contributed by atoms with E-state index in [-0.39, 0.29) is 24.8 Å². The highest BCUT2D eigenvalue weighted by Gasteiger charge is 2.35. The highest BCUT2D eigenvalue weighted by atomic mass is 35.5. The van der Waals surface area contributed by atoms with Gasteiger partial charge in [-0.1, -0.05) is 0 Å². The molecule has 4 heterocycles. The van der Waals surface area contributed by atoms with Crippen molar-refractivity contribution < 1.29 is 0 Å². The molecule has 4 rings (SSSR count). The van der Waals surface area contributed by atoms with Crippen molar-refractivity contribution in [2.45, 2.75) is 18.9 Å². The first kappa shape index (κ1) is 18.3. The van der Waals surface area contributed by atoms with Crippen LogP contribution < -0.4 is 16.0 Å². The molecule has 5 nitrogen and oxygen atoms in total. The van der Waals surface area contributed by atoms with E-state index < -0.39 is 0 Å². The van der Waals surface area contributed by atoms with Gasteiger partial charge in [-0.05, 0) is 36.8 Å². The summed E-state index contributed by atoms with van der Waals surface area (Å²) in [6.07, 6.45) is 2.59. The van der Waals surface area contributed by atoms with Gasteiger partial charge in [-0.25, -0.2) is 4.98 Å². The molecule has 8 heteroatoms. The lowest BCUT2D eigenvalue weighted by Crippen LogP contribution is -2.40. The number of hydrogen-bond donors (Lipinski definition) is 2. The van der Waals surface area contributed by atoms with Crippen molar-refractivity contribution in [3.8, 4) is 11.3 Å². The first-order valence-corrected chi connectivity index (χ1v) is 8.39. The number of nitrogens with two attached hydrogens (primary N) is 1. The number of nitrogens with zero attached hydrogens (tertiary/aromatic N) is 3. The van der Waals surface area contributed by atoms with Gasteiger partial charge in [0.15, 0.2) is 0 Å². The Labute approximate surface area is 152 Å². The van der Waals surface area contributed by atoms with Crippen molar-refractivity contribution in [3.05, 3.63) is 22.9 Å². The van der Waals surface area contributed by atoms with Crippen LogP contribution in [0.5, 0.6) is 0 Å². The summed E-state index contributed by atoms with van der Waals surface area (Å²) in [5, 5.41) is 7.77. The van der Waals surface area contributed by atoms with Crippen LogP contribution in [0.4, 0.5) is 11.8 Å². The summed E-state index contributed by atoms with van der Waals surface area (Å²) < 4.78 is 0. The zero-order valence-corrected chi connectivity index (χ0v) is 15.1. The second-order valence-corrected chi connectivity index (χ2v) is 6.63.